The largest absolute Gasteiger partial charge is 0.508 e. The lowest BCUT2D eigenvalue weighted by molar-refractivity contribution is 0.134. The number of rotatable bonds is 2. The van der Waals surface area contributed by atoms with E-state index in [4.69, 9.17) is 0 Å². The Kier molecular flexibility index (Phi) is 3.66. The Morgan fingerprint density at radius 3 is 2.50 bits per heavy atom. The van der Waals surface area contributed by atoms with Crippen LogP contribution < -0.4 is 0 Å². The Hall–Kier alpha value is -1.54. The second-order valence-corrected chi connectivity index (χ2v) is 6.42. The molecule has 0 spiro atoms. The number of likely N-dealkylation sites (tertiary alicyclic amines) is 1. The van der Waals surface area contributed by atoms with E-state index in [1.54, 1.807) is 0 Å². The van der Waals surface area contributed by atoms with E-state index in [0.29, 0.717) is 5.75 Å². The summed E-state index contributed by atoms with van der Waals surface area (Å²) in [6, 6.07) is 12.1. The minimum Gasteiger partial charge on any atom is -0.508 e. The predicted octanol–water partition coefficient (Wildman–Crippen LogP) is 4.02. The first-order valence-electron chi connectivity index (χ1n) is 7.55. The molecule has 1 aliphatic rings. The molecule has 1 aliphatic heterocycles. The summed E-state index contributed by atoms with van der Waals surface area (Å²) in [5, 5.41) is 12.6. The van der Waals surface area contributed by atoms with E-state index in [-0.39, 0.29) is 0 Å². The van der Waals surface area contributed by atoms with E-state index >= 15 is 0 Å². The van der Waals surface area contributed by atoms with Gasteiger partial charge in [-0.05, 0) is 35.1 Å². The third-order valence-electron chi connectivity index (χ3n) is 4.34. The summed E-state index contributed by atoms with van der Waals surface area (Å²) in [6.07, 6.45) is 1.32. The quantitative estimate of drug-likeness (QED) is 0.890. The van der Waals surface area contributed by atoms with Crippen LogP contribution in [-0.4, -0.2) is 23.1 Å². The molecule has 20 heavy (non-hydrogen) atoms. The van der Waals surface area contributed by atoms with Gasteiger partial charge in [-0.3, -0.25) is 4.90 Å². The van der Waals surface area contributed by atoms with Gasteiger partial charge >= 0.3 is 0 Å². The van der Waals surface area contributed by atoms with Gasteiger partial charge < -0.3 is 5.11 Å². The summed E-state index contributed by atoms with van der Waals surface area (Å²) in [5.74, 6) is 1.92. The average molecular weight is 269 g/mol. The first-order chi connectivity index (χ1) is 9.63. The maximum atomic E-state index is 10.2. The number of phenols is 1. The highest BCUT2D eigenvalue weighted by Gasteiger charge is 2.22. The van der Waals surface area contributed by atoms with Crippen molar-refractivity contribution in [2.75, 3.05) is 13.1 Å². The van der Waals surface area contributed by atoms with Crippen molar-refractivity contribution in [1.82, 2.24) is 4.90 Å². The fraction of sp³-hybridized carbons (Fsp3) is 0.444. The van der Waals surface area contributed by atoms with Gasteiger partial charge in [0.2, 0.25) is 0 Å². The van der Waals surface area contributed by atoms with Crippen molar-refractivity contribution >= 4 is 10.8 Å². The van der Waals surface area contributed by atoms with E-state index in [1.165, 1.54) is 17.2 Å². The van der Waals surface area contributed by atoms with Crippen LogP contribution in [0.3, 0.4) is 0 Å². The number of phenolic OH excluding ortho intramolecular Hbond substituents is 1. The average Bonchev–Trinajstić information content (AvgIpc) is 2.41. The van der Waals surface area contributed by atoms with Gasteiger partial charge in [-0.2, -0.15) is 0 Å². The van der Waals surface area contributed by atoms with Crippen LogP contribution in [0.4, 0.5) is 0 Å². The Morgan fingerprint density at radius 1 is 1.05 bits per heavy atom. The molecule has 0 aromatic heterocycles. The lowest BCUT2D eigenvalue weighted by Gasteiger charge is -2.35. The van der Waals surface area contributed by atoms with Gasteiger partial charge in [-0.25, -0.2) is 0 Å². The smallest absolute Gasteiger partial charge is 0.120 e. The molecule has 2 heteroatoms. The summed E-state index contributed by atoms with van der Waals surface area (Å²) in [7, 11) is 0. The highest BCUT2D eigenvalue weighted by Crippen LogP contribution is 2.30. The van der Waals surface area contributed by atoms with Crippen molar-refractivity contribution in [3.05, 3.63) is 42.0 Å². The lowest BCUT2D eigenvalue weighted by Crippen LogP contribution is -2.38. The second kappa shape index (κ2) is 5.45. The molecular formula is C18H23NO. The van der Waals surface area contributed by atoms with E-state index in [2.05, 4.69) is 30.9 Å². The maximum absolute atomic E-state index is 10.2. The van der Waals surface area contributed by atoms with Crippen LogP contribution in [0.1, 0.15) is 25.8 Å². The molecule has 0 radical (unpaired) electrons. The van der Waals surface area contributed by atoms with Crippen molar-refractivity contribution in [1.29, 1.82) is 0 Å². The molecule has 1 heterocycles. The van der Waals surface area contributed by atoms with Crippen molar-refractivity contribution in [2.45, 2.75) is 26.8 Å². The first-order valence-corrected chi connectivity index (χ1v) is 7.55. The molecular weight excluding hydrogens is 246 g/mol. The van der Waals surface area contributed by atoms with Gasteiger partial charge in [0.15, 0.2) is 0 Å². The molecule has 1 fully saturated rings. The molecule has 0 aliphatic carbocycles. The second-order valence-electron chi connectivity index (χ2n) is 6.42. The molecule has 2 unspecified atom stereocenters. The molecule has 2 atom stereocenters. The Labute approximate surface area is 121 Å². The third-order valence-corrected chi connectivity index (χ3v) is 4.34. The Bertz CT molecular complexity index is 597. The zero-order valence-electron chi connectivity index (χ0n) is 12.3. The lowest BCUT2D eigenvalue weighted by atomic mass is 9.91. The summed E-state index contributed by atoms with van der Waals surface area (Å²) in [5.41, 5.74) is 1.07. The van der Waals surface area contributed by atoms with Crippen LogP contribution in [-0.2, 0) is 6.54 Å². The van der Waals surface area contributed by atoms with Crippen LogP contribution in [0, 0.1) is 11.8 Å². The summed E-state index contributed by atoms with van der Waals surface area (Å²) < 4.78 is 0. The van der Waals surface area contributed by atoms with Crippen LogP contribution in [0.2, 0.25) is 0 Å². The van der Waals surface area contributed by atoms with Gasteiger partial charge in [-0.1, -0.05) is 44.2 Å². The van der Waals surface area contributed by atoms with E-state index in [9.17, 15) is 5.11 Å². The van der Waals surface area contributed by atoms with Crippen molar-refractivity contribution in [3.8, 4) is 5.75 Å². The van der Waals surface area contributed by atoms with Gasteiger partial charge in [0.25, 0.3) is 0 Å². The molecule has 2 nitrogen and oxygen atoms in total. The zero-order valence-corrected chi connectivity index (χ0v) is 12.3. The van der Waals surface area contributed by atoms with Gasteiger partial charge in [0.05, 0.1) is 0 Å². The summed E-state index contributed by atoms with van der Waals surface area (Å²) >= 11 is 0. The van der Waals surface area contributed by atoms with Gasteiger partial charge in [0.1, 0.15) is 5.75 Å². The molecule has 1 N–H and O–H groups in total. The molecule has 2 aromatic rings. The SMILES string of the molecule is CC1CC(C)CN(Cc2c(O)ccc3ccccc23)C1. The molecule has 3 rings (SSSR count). The zero-order chi connectivity index (χ0) is 14.1. The van der Waals surface area contributed by atoms with Gasteiger partial charge in [0, 0.05) is 25.2 Å². The van der Waals surface area contributed by atoms with Crippen LogP contribution in [0.15, 0.2) is 36.4 Å². The highest BCUT2D eigenvalue weighted by atomic mass is 16.3. The first kappa shape index (κ1) is 13.4. The molecule has 0 saturated carbocycles. The number of hydrogen-bond acceptors (Lipinski definition) is 2. The number of fused-ring (bicyclic) bond motifs is 1. The summed E-state index contributed by atoms with van der Waals surface area (Å²) in [4.78, 5) is 2.49. The van der Waals surface area contributed by atoms with Crippen LogP contribution in [0.25, 0.3) is 10.8 Å². The number of hydrogen-bond donors (Lipinski definition) is 1. The topological polar surface area (TPSA) is 23.5 Å². The molecule has 106 valence electrons. The van der Waals surface area contributed by atoms with Gasteiger partial charge in [-0.15, -0.1) is 0 Å². The number of benzene rings is 2. The monoisotopic (exact) mass is 269 g/mol. The maximum Gasteiger partial charge on any atom is 0.120 e. The fourth-order valence-corrected chi connectivity index (χ4v) is 3.64. The number of aromatic hydroxyl groups is 1. The van der Waals surface area contributed by atoms with Crippen molar-refractivity contribution in [3.63, 3.8) is 0 Å². The minimum absolute atomic E-state index is 0.426. The normalized spacial score (nSPS) is 24.1. The summed E-state index contributed by atoms with van der Waals surface area (Å²) in [6.45, 7) is 7.76. The Morgan fingerprint density at radius 2 is 1.75 bits per heavy atom. The molecule has 1 saturated heterocycles. The third kappa shape index (κ3) is 2.66. The number of piperidine rings is 1. The molecule has 0 amide bonds. The molecule has 2 aromatic carbocycles. The van der Waals surface area contributed by atoms with Crippen LogP contribution in [0.5, 0.6) is 5.75 Å². The predicted molar refractivity (Wildman–Crippen MR) is 83.8 cm³/mol. The highest BCUT2D eigenvalue weighted by molar-refractivity contribution is 5.87. The fourth-order valence-electron chi connectivity index (χ4n) is 3.64. The number of nitrogens with zero attached hydrogens (tertiary/aromatic N) is 1. The van der Waals surface area contributed by atoms with Crippen LogP contribution >= 0.6 is 0 Å². The standard InChI is InChI=1S/C18H23NO/c1-13-9-14(2)11-19(10-13)12-17-16-6-4-3-5-15(16)7-8-18(17)20/h3-8,13-14,20H,9-12H2,1-2H3. The van der Waals surface area contributed by atoms with E-state index < -0.39 is 0 Å². The molecule has 0 bridgehead atoms. The van der Waals surface area contributed by atoms with E-state index in [0.717, 1.165) is 37.0 Å². The minimum atomic E-state index is 0.426. The van der Waals surface area contributed by atoms with Crippen molar-refractivity contribution in [2.24, 2.45) is 11.8 Å². The van der Waals surface area contributed by atoms with E-state index in [1.807, 2.05) is 24.3 Å². The van der Waals surface area contributed by atoms with Crippen molar-refractivity contribution < 1.29 is 5.11 Å². The Balaban J connectivity index is 1.92.